The lowest BCUT2D eigenvalue weighted by atomic mass is 10.1. The number of rotatable bonds is 3. The van der Waals surface area contributed by atoms with Gasteiger partial charge in [-0.2, -0.15) is 0 Å². The van der Waals surface area contributed by atoms with E-state index in [1.807, 2.05) is 49.1 Å². The van der Waals surface area contributed by atoms with E-state index >= 15 is 0 Å². The summed E-state index contributed by atoms with van der Waals surface area (Å²) in [4.78, 5) is 14.4. The van der Waals surface area contributed by atoms with Crippen molar-refractivity contribution in [1.29, 1.82) is 0 Å². The molecule has 114 valence electrons. The lowest BCUT2D eigenvalue weighted by Gasteiger charge is -2.22. The molecule has 0 fully saturated rings. The molecule has 1 aliphatic rings. The van der Waals surface area contributed by atoms with Crippen LogP contribution in [-0.4, -0.2) is 18.6 Å². The van der Waals surface area contributed by atoms with Crippen LogP contribution >= 0.6 is 0 Å². The number of hydrogen-bond donors (Lipinski definition) is 0. The smallest absolute Gasteiger partial charge is 0.265 e. The Morgan fingerprint density at radius 2 is 1.86 bits per heavy atom. The van der Waals surface area contributed by atoms with E-state index in [2.05, 4.69) is 19.1 Å². The second-order valence-electron chi connectivity index (χ2n) is 6.06. The molecule has 2 aromatic rings. The van der Waals surface area contributed by atoms with Crippen molar-refractivity contribution in [3.63, 3.8) is 0 Å². The standard InChI is InChI=1S/C19H21NO2/c1-13-8-14(2)10-17(9-13)22-12-19(21)20-15(3)11-16-6-4-5-7-18(16)20/h4-10,15H,11-12H2,1-3H3/t15-/m0/s1. The summed E-state index contributed by atoms with van der Waals surface area (Å²) in [6, 6.07) is 14.3. The maximum Gasteiger partial charge on any atom is 0.265 e. The Morgan fingerprint density at radius 1 is 1.18 bits per heavy atom. The van der Waals surface area contributed by atoms with Gasteiger partial charge in [0.1, 0.15) is 5.75 Å². The average Bonchev–Trinajstić information content (AvgIpc) is 2.79. The van der Waals surface area contributed by atoms with E-state index in [1.165, 1.54) is 5.56 Å². The molecule has 0 unspecified atom stereocenters. The van der Waals surface area contributed by atoms with Crippen molar-refractivity contribution >= 4 is 11.6 Å². The fourth-order valence-electron chi connectivity index (χ4n) is 3.18. The van der Waals surface area contributed by atoms with E-state index < -0.39 is 0 Å². The Hall–Kier alpha value is -2.29. The molecule has 0 saturated carbocycles. The fraction of sp³-hybridized carbons (Fsp3) is 0.316. The summed E-state index contributed by atoms with van der Waals surface area (Å²) in [5.74, 6) is 0.766. The van der Waals surface area contributed by atoms with Crippen LogP contribution in [0.5, 0.6) is 5.75 Å². The molecule has 0 aliphatic carbocycles. The second kappa shape index (κ2) is 5.84. The first kappa shape index (κ1) is 14.6. The lowest BCUT2D eigenvalue weighted by molar-refractivity contribution is -0.120. The first-order valence-electron chi connectivity index (χ1n) is 7.65. The normalized spacial score (nSPS) is 16.5. The second-order valence-corrected chi connectivity index (χ2v) is 6.06. The van der Waals surface area contributed by atoms with Crippen LogP contribution in [0.1, 0.15) is 23.6 Å². The van der Waals surface area contributed by atoms with Crippen molar-refractivity contribution in [2.24, 2.45) is 0 Å². The first-order chi connectivity index (χ1) is 10.5. The summed E-state index contributed by atoms with van der Waals surface area (Å²) in [6.45, 7) is 6.21. The molecule has 2 aromatic carbocycles. The number of carbonyl (C=O) groups excluding carboxylic acids is 1. The zero-order valence-corrected chi connectivity index (χ0v) is 13.3. The zero-order valence-electron chi connectivity index (χ0n) is 13.3. The molecule has 0 spiro atoms. The molecular weight excluding hydrogens is 274 g/mol. The van der Waals surface area contributed by atoms with Gasteiger partial charge in [0, 0.05) is 11.7 Å². The van der Waals surface area contributed by atoms with Gasteiger partial charge in [-0.15, -0.1) is 0 Å². The molecule has 3 heteroatoms. The van der Waals surface area contributed by atoms with Crippen LogP contribution in [0.4, 0.5) is 5.69 Å². The van der Waals surface area contributed by atoms with Crippen molar-refractivity contribution in [2.75, 3.05) is 11.5 Å². The van der Waals surface area contributed by atoms with Gasteiger partial charge in [-0.25, -0.2) is 0 Å². The number of carbonyl (C=O) groups is 1. The molecule has 1 amide bonds. The highest BCUT2D eigenvalue weighted by atomic mass is 16.5. The number of amides is 1. The van der Waals surface area contributed by atoms with Gasteiger partial charge in [-0.1, -0.05) is 24.3 Å². The quantitative estimate of drug-likeness (QED) is 0.865. The van der Waals surface area contributed by atoms with Crippen LogP contribution in [-0.2, 0) is 11.2 Å². The molecule has 3 rings (SSSR count). The monoisotopic (exact) mass is 295 g/mol. The van der Waals surface area contributed by atoms with Crippen LogP contribution in [0.2, 0.25) is 0 Å². The Kier molecular flexibility index (Phi) is 3.88. The van der Waals surface area contributed by atoms with Gasteiger partial charge in [0.05, 0.1) is 0 Å². The number of para-hydroxylation sites is 1. The highest BCUT2D eigenvalue weighted by Gasteiger charge is 2.30. The third-order valence-electron chi connectivity index (χ3n) is 4.03. The third kappa shape index (κ3) is 2.84. The van der Waals surface area contributed by atoms with Crippen molar-refractivity contribution in [3.8, 4) is 5.75 Å². The summed E-state index contributed by atoms with van der Waals surface area (Å²) >= 11 is 0. The van der Waals surface area contributed by atoms with Gasteiger partial charge < -0.3 is 9.64 Å². The van der Waals surface area contributed by atoms with Crippen molar-refractivity contribution < 1.29 is 9.53 Å². The molecule has 0 N–H and O–H groups in total. The summed E-state index contributed by atoms with van der Waals surface area (Å²) in [6.07, 6.45) is 0.908. The number of benzene rings is 2. The molecule has 1 heterocycles. The van der Waals surface area contributed by atoms with Crippen LogP contribution in [0.15, 0.2) is 42.5 Å². The minimum atomic E-state index is 0.0107. The molecule has 1 atom stereocenters. The SMILES string of the molecule is Cc1cc(C)cc(OCC(=O)N2c3ccccc3C[C@@H]2C)c1. The Morgan fingerprint density at radius 3 is 2.59 bits per heavy atom. The van der Waals surface area contributed by atoms with Crippen LogP contribution < -0.4 is 9.64 Å². The van der Waals surface area contributed by atoms with Crippen LogP contribution in [0.3, 0.4) is 0 Å². The average molecular weight is 295 g/mol. The van der Waals surface area contributed by atoms with Gasteiger partial charge in [0.25, 0.3) is 5.91 Å². The molecule has 0 saturated heterocycles. The number of anilines is 1. The Balaban J connectivity index is 1.72. The largest absolute Gasteiger partial charge is 0.484 e. The minimum absolute atomic E-state index is 0.0107. The van der Waals surface area contributed by atoms with E-state index in [0.29, 0.717) is 0 Å². The van der Waals surface area contributed by atoms with E-state index in [-0.39, 0.29) is 18.6 Å². The molecule has 0 aromatic heterocycles. The summed E-state index contributed by atoms with van der Waals surface area (Å²) in [7, 11) is 0. The van der Waals surface area contributed by atoms with Crippen molar-refractivity contribution in [1.82, 2.24) is 0 Å². The number of nitrogens with zero attached hydrogens (tertiary/aromatic N) is 1. The Bertz CT molecular complexity index is 688. The molecule has 0 bridgehead atoms. The highest BCUT2D eigenvalue weighted by molar-refractivity contribution is 5.97. The van der Waals surface area contributed by atoms with Gasteiger partial charge >= 0.3 is 0 Å². The predicted molar refractivity (Wildman–Crippen MR) is 88.5 cm³/mol. The maximum absolute atomic E-state index is 12.6. The minimum Gasteiger partial charge on any atom is -0.484 e. The van der Waals surface area contributed by atoms with E-state index in [0.717, 1.165) is 29.0 Å². The fourth-order valence-corrected chi connectivity index (χ4v) is 3.18. The van der Waals surface area contributed by atoms with Crippen LogP contribution in [0.25, 0.3) is 0 Å². The first-order valence-corrected chi connectivity index (χ1v) is 7.65. The summed E-state index contributed by atoms with van der Waals surface area (Å²) in [5, 5.41) is 0. The van der Waals surface area contributed by atoms with Crippen molar-refractivity contribution in [2.45, 2.75) is 33.2 Å². The van der Waals surface area contributed by atoms with Gasteiger partial charge in [-0.3, -0.25) is 4.79 Å². The number of aryl methyl sites for hydroxylation is 2. The van der Waals surface area contributed by atoms with Crippen molar-refractivity contribution in [3.05, 3.63) is 59.2 Å². The van der Waals surface area contributed by atoms with Gasteiger partial charge in [-0.05, 0) is 62.1 Å². The molecule has 1 aliphatic heterocycles. The third-order valence-corrected chi connectivity index (χ3v) is 4.03. The number of hydrogen-bond acceptors (Lipinski definition) is 2. The molecule has 0 radical (unpaired) electrons. The van der Waals surface area contributed by atoms with Gasteiger partial charge in [0.2, 0.25) is 0 Å². The Labute approximate surface area is 131 Å². The molecular formula is C19H21NO2. The molecule has 3 nitrogen and oxygen atoms in total. The summed E-state index contributed by atoms with van der Waals surface area (Å²) < 4.78 is 5.71. The zero-order chi connectivity index (χ0) is 15.7. The maximum atomic E-state index is 12.6. The summed E-state index contributed by atoms with van der Waals surface area (Å²) in [5.41, 5.74) is 4.53. The lowest BCUT2D eigenvalue weighted by Crippen LogP contribution is -2.39. The number of ether oxygens (including phenoxy) is 1. The van der Waals surface area contributed by atoms with E-state index in [4.69, 9.17) is 4.74 Å². The van der Waals surface area contributed by atoms with Gasteiger partial charge in [0.15, 0.2) is 6.61 Å². The topological polar surface area (TPSA) is 29.5 Å². The predicted octanol–water partition coefficient (Wildman–Crippen LogP) is 3.66. The highest BCUT2D eigenvalue weighted by Crippen LogP contribution is 2.31. The number of fused-ring (bicyclic) bond motifs is 1. The van der Waals surface area contributed by atoms with Crippen LogP contribution in [0, 0.1) is 13.8 Å². The van der Waals surface area contributed by atoms with E-state index in [1.54, 1.807) is 0 Å². The van der Waals surface area contributed by atoms with E-state index in [9.17, 15) is 4.79 Å². The molecule has 22 heavy (non-hydrogen) atoms.